The molecule has 4 heteroatoms. The fraction of sp³-hybridized carbons (Fsp3) is 0.462. The van der Waals surface area contributed by atoms with Gasteiger partial charge in [0.2, 0.25) is 0 Å². The van der Waals surface area contributed by atoms with Gasteiger partial charge in [-0.2, -0.15) is 0 Å². The molecule has 0 bridgehead atoms. The Hall–Kier alpha value is -1.06. The van der Waals surface area contributed by atoms with E-state index in [9.17, 15) is 0 Å². The zero-order valence-corrected chi connectivity index (χ0v) is 10.4. The van der Waals surface area contributed by atoms with Gasteiger partial charge in [-0.3, -0.25) is 0 Å². The van der Waals surface area contributed by atoms with E-state index < -0.39 is 0 Å². The van der Waals surface area contributed by atoms with Crippen molar-refractivity contribution in [1.29, 1.82) is 0 Å². The van der Waals surface area contributed by atoms with E-state index in [1.165, 1.54) is 17.7 Å². The van der Waals surface area contributed by atoms with Crippen molar-refractivity contribution >= 4 is 11.6 Å². The van der Waals surface area contributed by atoms with Crippen LogP contribution in [-0.4, -0.2) is 29.1 Å². The van der Waals surface area contributed by atoms with Crippen LogP contribution in [0.3, 0.4) is 0 Å². The summed E-state index contributed by atoms with van der Waals surface area (Å²) < 4.78 is 5.67. The molecule has 3 rings (SSSR count). The molecule has 1 fully saturated rings. The molecule has 1 saturated heterocycles. The highest BCUT2D eigenvalue weighted by molar-refractivity contribution is 6.29. The highest BCUT2D eigenvalue weighted by Gasteiger charge is 2.28. The smallest absolute Gasteiger partial charge is 0.129 e. The molecule has 1 unspecified atom stereocenters. The van der Waals surface area contributed by atoms with Crippen LogP contribution in [0.15, 0.2) is 30.1 Å². The quantitative estimate of drug-likeness (QED) is 0.755. The molecular weight excluding hydrogens is 236 g/mol. The van der Waals surface area contributed by atoms with Crippen LogP contribution in [0.5, 0.6) is 0 Å². The van der Waals surface area contributed by atoms with Crippen molar-refractivity contribution in [2.75, 3.05) is 13.2 Å². The molecule has 2 aliphatic rings. The van der Waals surface area contributed by atoms with Gasteiger partial charge in [-0.1, -0.05) is 17.7 Å². The van der Waals surface area contributed by atoms with Crippen LogP contribution in [0, 0.1) is 0 Å². The second kappa shape index (κ2) is 4.67. The predicted molar refractivity (Wildman–Crippen MR) is 66.7 cm³/mol. The maximum absolute atomic E-state index is 5.79. The number of nitrogens with zero attached hydrogens (tertiary/aromatic N) is 2. The number of pyridine rings is 1. The summed E-state index contributed by atoms with van der Waals surface area (Å²) in [6, 6.07) is 3.88. The van der Waals surface area contributed by atoms with Gasteiger partial charge in [0.05, 0.1) is 12.7 Å². The number of aromatic nitrogens is 1. The molecule has 1 aromatic heterocycles. The summed E-state index contributed by atoms with van der Waals surface area (Å²) in [5.74, 6) is 0. The highest BCUT2D eigenvalue weighted by Crippen LogP contribution is 2.29. The van der Waals surface area contributed by atoms with Gasteiger partial charge in [0, 0.05) is 25.0 Å². The first-order valence-electron chi connectivity index (χ1n) is 6.00. The SMILES string of the molecule is Clc1ccc(CN2CCCC3OCC=C32)cn1. The molecule has 0 N–H and O–H groups in total. The van der Waals surface area contributed by atoms with Gasteiger partial charge in [0.15, 0.2) is 0 Å². The predicted octanol–water partition coefficient (Wildman–Crippen LogP) is 2.61. The third-order valence-electron chi connectivity index (χ3n) is 3.34. The van der Waals surface area contributed by atoms with Crippen molar-refractivity contribution in [2.24, 2.45) is 0 Å². The van der Waals surface area contributed by atoms with Gasteiger partial charge in [-0.25, -0.2) is 4.98 Å². The number of hydrogen-bond acceptors (Lipinski definition) is 3. The number of likely N-dealkylation sites (tertiary alicyclic amines) is 1. The molecule has 0 aromatic carbocycles. The molecule has 0 radical (unpaired) electrons. The summed E-state index contributed by atoms with van der Waals surface area (Å²) in [4.78, 5) is 6.51. The maximum Gasteiger partial charge on any atom is 0.129 e. The molecule has 0 amide bonds. The number of hydrogen-bond donors (Lipinski definition) is 0. The van der Waals surface area contributed by atoms with Crippen LogP contribution in [0.25, 0.3) is 0 Å². The lowest BCUT2D eigenvalue weighted by Gasteiger charge is -2.34. The zero-order chi connectivity index (χ0) is 11.7. The van der Waals surface area contributed by atoms with Crippen molar-refractivity contribution in [3.63, 3.8) is 0 Å². The summed E-state index contributed by atoms with van der Waals surface area (Å²) in [5.41, 5.74) is 2.55. The first-order chi connectivity index (χ1) is 8.33. The Kier molecular flexibility index (Phi) is 3.04. The lowest BCUT2D eigenvalue weighted by atomic mass is 10.0. The molecule has 0 aliphatic carbocycles. The molecule has 90 valence electrons. The minimum absolute atomic E-state index is 0.323. The van der Waals surface area contributed by atoms with Crippen LogP contribution in [0.4, 0.5) is 0 Å². The van der Waals surface area contributed by atoms with Crippen molar-refractivity contribution < 1.29 is 4.74 Å². The largest absolute Gasteiger partial charge is 0.368 e. The van der Waals surface area contributed by atoms with Gasteiger partial charge < -0.3 is 9.64 Å². The van der Waals surface area contributed by atoms with E-state index in [0.717, 1.165) is 26.1 Å². The summed E-state index contributed by atoms with van der Waals surface area (Å²) in [6.45, 7) is 2.76. The molecular formula is C13H15ClN2O. The minimum Gasteiger partial charge on any atom is -0.368 e. The van der Waals surface area contributed by atoms with Gasteiger partial charge in [-0.15, -0.1) is 0 Å². The Labute approximate surface area is 106 Å². The third-order valence-corrected chi connectivity index (χ3v) is 3.56. The van der Waals surface area contributed by atoms with E-state index in [1.54, 1.807) is 0 Å². The fourth-order valence-corrected chi connectivity index (χ4v) is 2.63. The summed E-state index contributed by atoms with van der Waals surface area (Å²) in [6.07, 6.45) is 6.73. The second-order valence-electron chi connectivity index (χ2n) is 4.50. The Bertz CT molecular complexity index is 430. The normalized spacial score (nSPS) is 23.5. The lowest BCUT2D eigenvalue weighted by molar-refractivity contribution is 0.0725. The number of rotatable bonds is 2. The van der Waals surface area contributed by atoms with E-state index in [4.69, 9.17) is 16.3 Å². The fourth-order valence-electron chi connectivity index (χ4n) is 2.52. The molecule has 3 heterocycles. The van der Waals surface area contributed by atoms with Gasteiger partial charge >= 0.3 is 0 Å². The van der Waals surface area contributed by atoms with Gasteiger partial charge in [-0.05, 0) is 30.5 Å². The Morgan fingerprint density at radius 3 is 3.24 bits per heavy atom. The lowest BCUT2D eigenvalue weighted by Crippen LogP contribution is -2.34. The Morgan fingerprint density at radius 2 is 2.41 bits per heavy atom. The summed E-state index contributed by atoms with van der Waals surface area (Å²) in [5, 5.41) is 0.550. The average molecular weight is 251 g/mol. The van der Waals surface area contributed by atoms with Crippen LogP contribution >= 0.6 is 11.6 Å². The minimum atomic E-state index is 0.323. The van der Waals surface area contributed by atoms with Crippen LogP contribution in [0.1, 0.15) is 18.4 Å². The molecule has 17 heavy (non-hydrogen) atoms. The monoisotopic (exact) mass is 250 g/mol. The Balaban J connectivity index is 1.74. The van der Waals surface area contributed by atoms with Crippen molar-refractivity contribution in [3.8, 4) is 0 Å². The molecule has 0 saturated carbocycles. The first-order valence-corrected chi connectivity index (χ1v) is 6.38. The third kappa shape index (κ3) is 2.31. The van der Waals surface area contributed by atoms with Gasteiger partial charge in [0.1, 0.15) is 5.15 Å². The van der Waals surface area contributed by atoms with E-state index in [0.29, 0.717) is 11.3 Å². The summed E-state index contributed by atoms with van der Waals surface area (Å²) >= 11 is 5.79. The highest BCUT2D eigenvalue weighted by atomic mass is 35.5. The molecule has 2 aliphatic heterocycles. The van der Waals surface area contributed by atoms with E-state index in [2.05, 4.69) is 16.0 Å². The standard InChI is InChI=1S/C13H15ClN2O/c14-13-4-3-10(8-15-13)9-16-6-1-2-12-11(16)5-7-17-12/h3-5,8,12H,1-2,6-7,9H2. The molecule has 0 spiro atoms. The number of fused-ring (bicyclic) bond motifs is 1. The van der Waals surface area contributed by atoms with Crippen molar-refractivity contribution in [2.45, 2.75) is 25.5 Å². The molecule has 1 atom stereocenters. The Morgan fingerprint density at radius 1 is 1.47 bits per heavy atom. The maximum atomic E-state index is 5.79. The second-order valence-corrected chi connectivity index (χ2v) is 4.89. The number of halogens is 1. The number of piperidine rings is 1. The van der Waals surface area contributed by atoms with E-state index in [-0.39, 0.29) is 0 Å². The van der Waals surface area contributed by atoms with Crippen molar-refractivity contribution in [1.82, 2.24) is 9.88 Å². The molecule has 3 nitrogen and oxygen atoms in total. The average Bonchev–Trinajstić information content (AvgIpc) is 2.81. The van der Waals surface area contributed by atoms with Crippen LogP contribution in [0.2, 0.25) is 5.15 Å². The van der Waals surface area contributed by atoms with E-state index in [1.807, 2.05) is 18.3 Å². The van der Waals surface area contributed by atoms with E-state index >= 15 is 0 Å². The van der Waals surface area contributed by atoms with Crippen LogP contribution in [-0.2, 0) is 11.3 Å². The first kappa shape index (κ1) is 11.1. The zero-order valence-electron chi connectivity index (χ0n) is 9.60. The number of ether oxygens (including phenoxy) is 1. The van der Waals surface area contributed by atoms with Crippen molar-refractivity contribution in [3.05, 3.63) is 40.8 Å². The van der Waals surface area contributed by atoms with Crippen LogP contribution < -0.4 is 0 Å². The topological polar surface area (TPSA) is 25.4 Å². The summed E-state index contributed by atoms with van der Waals surface area (Å²) in [7, 11) is 0. The van der Waals surface area contributed by atoms with Gasteiger partial charge in [0.25, 0.3) is 0 Å². The molecule has 1 aromatic rings.